The summed E-state index contributed by atoms with van der Waals surface area (Å²) >= 11 is 0. The molecule has 0 bridgehead atoms. The lowest BCUT2D eigenvalue weighted by Gasteiger charge is -2.26. The van der Waals surface area contributed by atoms with Crippen molar-refractivity contribution in [1.29, 1.82) is 0 Å². The number of nitrogens with zero attached hydrogens (tertiary/aromatic N) is 3. The number of hydrogen-bond donors (Lipinski definition) is 3. The Kier molecular flexibility index (Phi) is 9.43. The van der Waals surface area contributed by atoms with Crippen molar-refractivity contribution in [2.75, 3.05) is 18.4 Å². The normalized spacial score (nSPS) is 15.2. The van der Waals surface area contributed by atoms with Crippen molar-refractivity contribution < 1.29 is 9.32 Å². The molecule has 1 aliphatic heterocycles. The number of aryl methyl sites for hydroxylation is 1. The van der Waals surface area contributed by atoms with Gasteiger partial charge in [-0.1, -0.05) is 42.4 Å². The highest BCUT2D eigenvalue weighted by atomic mass is 127. The van der Waals surface area contributed by atoms with Crippen LogP contribution in [-0.2, 0) is 17.8 Å². The van der Waals surface area contributed by atoms with Gasteiger partial charge in [0.15, 0.2) is 11.8 Å². The Morgan fingerprint density at radius 2 is 2.03 bits per heavy atom. The number of aliphatic imine (C=N–C) groups is 1. The minimum atomic E-state index is 0. The van der Waals surface area contributed by atoms with Gasteiger partial charge in [-0.3, -0.25) is 4.79 Å². The van der Waals surface area contributed by atoms with Crippen molar-refractivity contribution in [2.45, 2.75) is 45.6 Å². The molecule has 34 heavy (non-hydrogen) atoms. The number of hydrogen-bond acceptors (Lipinski definition) is 5. The van der Waals surface area contributed by atoms with Crippen LogP contribution in [0.15, 0.2) is 58.0 Å². The molecule has 0 saturated heterocycles. The van der Waals surface area contributed by atoms with Crippen LogP contribution >= 0.6 is 24.0 Å². The maximum atomic E-state index is 12.1. The quantitative estimate of drug-likeness (QED) is 0.208. The lowest BCUT2D eigenvalue weighted by Crippen LogP contribution is -2.40. The highest BCUT2D eigenvalue weighted by molar-refractivity contribution is 14.0. The number of carbonyl (C=O) groups is 1. The van der Waals surface area contributed by atoms with E-state index in [-0.39, 0.29) is 35.8 Å². The van der Waals surface area contributed by atoms with Gasteiger partial charge in [-0.25, -0.2) is 4.99 Å². The number of para-hydroxylation sites is 1. The first-order valence-electron chi connectivity index (χ1n) is 11.5. The average molecular weight is 574 g/mol. The second kappa shape index (κ2) is 12.5. The summed E-state index contributed by atoms with van der Waals surface area (Å²) < 4.78 is 5.41. The number of anilines is 1. The van der Waals surface area contributed by atoms with E-state index < -0.39 is 0 Å². The van der Waals surface area contributed by atoms with Crippen molar-refractivity contribution in [3.05, 3.63) is 65.5 Å². The Bertz CT molecular complexity index is 1130. The fraction of sp³-hybridized carbons (Fsp3) is 0.360. The average Bonchev–Trinajstić information content (AvgIpc) is 3.30. The standard InChI is InChI=1S/C25H30N6O2.HI/c1-3-8-22-30-24(33-31-22)18-10-7-9-17(13-18)15-27-25(26-4-2)28-16-19-14-23(32)29-21-12-6-5-11-20(19)21;/h5-7,9-13,19H,3-4,8,14-16H2,1-2H3,(H,29,32)(H2,26,27,28);1H. The van der Waals surface area contributed by atoms with E-state index in [4.69, 9.17) is 9.52 Å². The van der Waals surface area contributed by atoms with Crippen LogP contribution in [0.25, 0.3) is 11.5 Å². The third kappa shape index (κ3) is 6.55. The van der Waals surface area contributed by atoms with E-state index in [9.17, 15) is 4.79 Å². The molecule has 0 fully saturated rings. The van der Waals surface area contributed by atoms with Crippen LogP contribution in [0.1, 0.15) is 49.6 Å². The minimum absolute atomic E-state index is 0. The van der Waals surface area contributed by atoms with Gasteiger partial charge < -0.3 is 20.5 Å². The molecular weight excluding hydrogens is 543 g/mol. The molecule has 1 aliphatic rings. The first-order valence-corrected chi connectivity index (χ1v) is 11.5. The van der Waals surface area contributed by atoms with Crippen LogP contribution in [0.3, 0.4) is 0 Å². The SMILES string of the molecule is CCCc1noc(-c2cccc(CN=C(NCC)NCC3CC(=O)Nc4ccccc43)c2)n1.I. The molecule has 8 nitrogen and oxygen atoms in total. The lowest BCUT2D eigenvalue weighted by molar-refractivity contribution is -0.116. The molecule has 1 aromatic heterocycles. The number of fused-ring (bicyclic) bond motifs is 1. The Balaban J connectivity index is 0.00000324. The van der Waals surface area contributed by atoms with Crippen molar-refractivity contribution in [3.8, 4) is 11.5 Å². The molecule has 0 spiro atoms. The summed E-state index contributed by atoms with van der Waals surface area (Å²) in [5, 5.41) is 13.7. The zero-order valence-electron chi connectivity index (χ0n) is 19.5. The number of amides is 1. The predicted molar refractivity (Wildman–Crippen MR) is 144 cm³/mol. The lowest BCUT2D eigenvalue weighted by atomic mass is 9.90. The van der Waals surface area contributed by atoms with Crippen LogP contribution < -0.4 is 16.0 Å². The van der Waals surface area contributed by atoms with Gasteiger partial charge in [0, 0.05) is 43.1 Å². The Hall–Kier alpha value is -2.95. The van der Waals surface area contributed by atoms with Gasteiger partial charge in [-0.05, 0) is 42.7 Å². The molecule has 2 heterocycles. The molecule has 1 atom stereocenters. The zero-order valence-corrected chi connectivity index (χ0v) is 21.8. The maximum absolute atomic E-state index is 12.1. The molecule has 1 amide bonds. The molecular formula is C25H31IN6O2. The van der Waals surface area contributed by atoms with Crippen molar-refractivity contribution in [1.82, 2.24) is 20.8 Å². The molecule has 2 aromatic carbocycles. The number of rotatable bonds is 8. The van der Waals surface area contributed by atoms with Gasteiger partial charge in [0.2, 0.25) is 5.91 Å². The van der Waals surface area contributed by atoms with E-state index >= 15 is 0 Å². The zero-order chi connectivity index (χ0) is 23.0. The molecule has 180 valence electrons. The highest BCUT2D eigenvalue weighted by Crippen LogP contribution is 2.31. The smallest absolute Gasteiger partial charge is 0.257 e. The van der Waals surface area contributed by atoms with Crippen LogP contribution in [0.2, 0.25) is 0 Å². The molecule has 9 heteroatoms. The van der Waals surface area contributed by atoms with Gasteiger partial charge in [-0.2, -0.15) is 4.98 Å². The monoisotopic (exact) mass is 574 g/mol. The maximum Gasteiger partial charge on any atom is 0.257 e. The number of halogens is 1. The summed E-state index contributed by atoms with van der Waals surface area (Å²) in [5.41, 5.74) is 3.97. The summed E-state index contributed by atoms with van der Waals surface area (Å²) in [7, 11) is 0. The summed E-state index contributed by atoms with van der Waals surface area (Å²) in [6.07, 6.45) is 2.24. The summed E-state index contributed by atoms with van der Waals surface area (Å²) in [4.78, 5) is 21.3. The molecule has 3 aromatic rings. The summed E-state index contributed by atoms with van der Waals surface area (Å²) in [5.74, 6) is 2.12. The van der Waals surface area contributed by atoms with E-state index in [1.54, 1.807) is 0 Å². The molecule has 3 N–H and O–H groups in total. The Labute approximate surface area is 217 Å². The molecule has 1 unspecified atom stereocenters. The first-order chi connectivity index (χ1) is 16.2. The minimum Gasteiger partial charge on any atom is -0.357 e. The van der Waals surface area contributed by atoms with Crippen molar-refractivity contribution >= 4 is 41.5 Å². The van der Waals surface area contributed by atoms with E-state index in [0.717, 1.165) is 53.5 Å². The van der Waals surface area contributed by atoms with Gasteiger partial charge in [0.25, 0.3) is 5.89 Å². The Morgan fingerprint density at radius 3 is 2.85 bits per heavy atom. The fourth-order valence-corrected chi connectivity index (χ4v) is 3.91. The van der Waals surface area contributed by atoms with Crippen molar-refractivity contribution in [3.63, 3.8) is 0 Å². The number of nitrogens with one attached hydrogen (secondary N) is 3. The summed E-state index contributed by atoms with van der Waals surface area (Å²) in [6.45, 7) is 5.99. The number of aromatic nitrogens is 2. The molecule has 0 aliphatic carbocycles. The largest absolute Gasteiger partial charge is 0.357 e. The van der Waals surface area contributed by atoms with Crippen LogP contribution in [0.5, 0.6) is 0 Å². The first kappa shape index (κ1) is 25.7. The second-order valence-corrected chi connectivity index (χ2v) is 8.08. The molecule has 4 rings (SSSR count). The van der Waals surface area contributed by atoms with Gasteiger partial charge in [-0.15, -0.1) is 24.0 Å². The van der Waals surface area contributed by atoms with Crippen LogP contribution in [-0.4, -0.2) is 35.1 Å². The van der Waals surface area contributed by atoms with Gasteiger partial charge in [0.05, 0.1) is 6.54 Å². The molecule has 0 saturated carbocycles. The number of benzene rings is 2. The fourth-order valence-electron chi connectivity index (χ4n) is 3.91. The van der Waals surface area contributed by atoms with E-state index in [2.05, 4.69) is 39.1 Å². The third-order valence-electron chi connectivity index (χ3n) is 5.50. The topological polar surface area (TPSA) is 104 Å². The van der Waals surface area contributed by atoms with Gasteiger partial charge in [0.1, 0.15) is 0 Å². The number of guanidine groups is 1. The Morgan fingerprint density at radius 1 is 1.18 bits per heavy atom. The molecule has 0 radical (unpaired) electrons. The van der Waals surface area contributed by atoms with Crippen LogP contribution in [0.4, 0.5) is 5.69 Å². The predicted octanol–water partition coefficient (Wildman–Crippen LogP) is 4.49. The van der Waals surface area contributed by atoms with E-state index in [1.807, 2.05) is 49.4 Å². The van der Waals surface area contributed by atoms with Crippen LogP contribution in [0, 0.1) is 0 Å². The number of carbonyl (C=O) groups excluding carboxylic acids is 1. The third-order valence-corrected chi connectivity index (χ3v) is 5.50. The summed E-state index contributed by atoms with van der Waals surface area (Å²) in [6, 6.07) is 15.9. The second-order valence-electron chi connectivity index (χ2n) is 8.08. The highest BCUT2D eigenvalue weighted by Gasteiger charge is 2.24. The van der Waals surface area contributed by atoms with Crippen molar-refractivity contribution in [2.24, 2.45) is 4.99 Å². The van der Waals surface area contributed by atoms with E-state index in [1.165, 1.54) is 0 Å². The van der Waals surface area contributed by atoms with E-state index in [0.29, 0.717) is 25.4 Å². The van der Waals surface area contributed by atoms with Gasteiger partial charge >= 0.3 is 0 Å².